The summed E-state index contributed by atoms with van der Waals surface area (Å²) in [6, 6.07) is 7.59. The van der Waals surface area contributed by atoms with Crippen LogP contribution in [0.4, 0.5) is 5.69 Å². The predicted octanol–water partition coefficient (Wildman–Crippen LogP) is 2.31. The van der Waals surface area contributed by atoms with Gasteiger partial charge in [0, 0.05) is 29.3 Å². The number of halogens is 1. The first-order chi connectivity index (χ1) is 8.93. The van der Waals surface area contributed by atoms with Crippen LogP contribution in [-0.4, -0.2) is 26.1 Å². The molecule has 1 amide bonds. The van der Waals surface area contributed by atoms with Crippen LogP contribution in [0.2, 0.25) is 0 Å². The summed E-state index contributed by atoms with van der Waals surface area (Å²) in [5.74, 6) is -0.183. The predicted molar refractivity (Wildman–Crippen MR) is 76.0 cm³/mol. The zero-order valence-corrected chi connectivity index (χ0v) is 12.2. The van der Waals surface area contributed by atoms with Crippen molar-refractivity contribution in [2.75, 3.05) is 11.4 Å². The number of benzene rings is 1. The molecule has 0 radical (unpaired) electrons. The van der Waals surface area contributed by atoms with Gasteiger partial charge < -0.3 is 4.90 Å². The zero-order chi connectivity index (χ0) is 14.0. The number of anilines is 1. The second-order valence-corrected chi connectivity index (χ2v) is 7.59. The fraction of sp³-hybridized carbons (Fsp3) is 0.462. The lowest BCUT2D eigenvalue weighted by molar-refractivity contribution is -0.117. The molecule has 0 saturated carbocycles. The van der Waals surface area contributed by atoms with E-state index < -0.39 is 14.3 Å². The molecule has 0 N–H and O–H groups in total. The third-order valence-corrected chi connectivity index (χ3v) is 5.16. The number of carbonyl (C=O) groups is 1. The van der Waals surface area contributed by atoms with Crippen LogP contribution < -0.4 is 4.90 Å². The summed E-state index contributed by atoms with van der Waals surface area (Å²) in [4.78, 5) is 13.5. The van der Waals surface area contributed by atoms with E-state index >= 15 is 0 Å². The summed E-state index contributed by atoms with van der Waals surface area (Å²) < 4.78 is 22.7. The van der Waals surface area contributed by atoms with Crippen molar-refractivity contribution in [1.82, 2.24) is 0 Å². The van der Waals surface area contributed by atoms with Crippen molar-refractivity contribution in [2.45, 2.75) is 31.4 Å². The van der Waals surface area contributed by atoms with Crippen molar-refractivity contribution in [1.29, 1.82) is 0 Å². The summed E-state index contributed by atoms with van der Waals surface area (Å²) in [6.45, 7) is 2.21. The maximum absolute atomic E-state index is 12.0. The lowest BCUT2D eigenvalue weighted by Crippen LogP contribution is -2.27. The number of hydrogen-bond acceptors (Lipinski definition) is 3. The lowest BCUT2D eigenvalue weighted by atomic mass is 10.1. The van der Waals surface area contributed by atoms with Gasteiger partial charge in [-0.3, -0.25) is 4.79 Å². The first-order valence-electron chi connectivity index (χ1n) is 6.25. The molecule has 1 unspecified atom stereocenters. The zero-order valence-electron chi connectivity index (χ0n) is 10.7. The highest BCUT2D eigenvalue weighted by Gasteiger charge is 2.38. The number of hydrogen-bond donors (Lipinski definition) is 0. The maximum atomic E-state index is 12.0. The first-order valence-corrected chi connectivity index (χ1v) is 8.62. The minimum absolute atomic E-state index is 0.0354. The van der Waals surface area contributed by atoms with Crippen molar-refractivity contribution in [3.63, 3.8) is 0 Å². The van der Waals surface area contributed by atoms with Gasteiger partial charge in [0.2, 0.25) is 15.0 Å². The Morgan fingerprint density at radius 3 is 2.63 bits per heavy atom. The van der Waals surface area contributed by atoms with Gasteiger partial charge in [0.25, 0.3) is 0 Å². The summed E-state index contributed by atoms with van der Waals surface area (Å²) in [7, 11) is 1.66. The van der Waals surface area contributed by atoms with E-state index in [1.807, 2.05) is 24.3 Å². The Morgan fingerprint density at radius 1 is 1.37 bits per heavy atom. The highest BCUT2D eigenvalue weighted by atomic mass is 35.7. The number of para-hydroxylation sites is 1. The standard InChI is InChI=1S/C13H16ClNO3S/c1-2-5-10-6-3-4-7-12(10)15-9-11(8-13(15)16)19(14,17)18/h3-4,6-7,11H,2,5,8-9H2,1H3. The van der Waals surface area contributed by atoms with Crippen LogP contribution in [0.1, 0.15) is 25.3 Å². The van der Waals surface area contributed by atoms with E-state index in [2.05, 4.69) is 6.92 Å². The van der Waals surface area contributed by atoms with Crippen LogP contribution >= 0.6 is 10.7 Å². The van der Waals surface area contributed by atoms with Gasteiger partial charge in [-0.05, 0) is 18.1 Å². The lowest BCUT2D eigenvalue weighted by Gasteiger charge is -2.19. The Labute approximate surface area is 117 Å². The number of aryl methyl sites for hydroxylation is 1. The van der Waals surface area contributed by atoms with Crippen LogP contribution in [-0.2, 0) is 20.3 Å². The Hall–Kier alpha value is -1.07. The highest BCUT2D eigenvalue weighted by molar-refractivity contribution is 8.14. The molecule has 1 aliphatic rings. The molecule has 1 saturated heterocycles. The molecule has 1 aliphatic heterocycles. The first kappa shape index (κ1) is 14.3. The van der Waals surface area contributed by atoms with E-state index in [1.54, 1.807) is 0 Å². The Morgan fingerprint density at radius 2 is 2.05 bits per heavy atom. The molecule has 1 heterocycles. The summed E-state index contributed by atoms with van der Waals surface area (Å²) in [6.07, 6.45) is 1.79. The van der Waals surface area contributed by atoms with Crippen LogP contribution in [0.15, 0.2) is 24.3 Å². The molecule has 0 spiro atoms. The van der Waals surface area contributed by atoms with Crippen LogP contribution in [0, 0.1) is 0 Å². The summed E-state index contributed by atoms with van der Waals surface area (Å²) in [5, 5.41) is -0.809. The molecule has 0 aliphatic carbocycles. The average Bonchev–Trinajstić information content (AvgIpc) is 2.72. The second-order valence-electron chi connectivity index (χ2n) is 4.68. The van der Waals surface area contributed by atoms with E-state index in [0.29, 0.717) is 0 Å². The van der Waals surface area contributed by atoms with Crippen molar-refractivity contribution in [3.05, 3.63) is 29.8 Å². The minimum Gasteiger partial charge on any atom is -0.311 e. The molecule has 1 aromatic carbocycles. The van der Waals surface area contributed by atoms with E-state index in [9.17, 15) is 13.2 Å². The van der Waals surface area contributed by atoms with Crippen molar-refractivity contribution in [3.8, 4) is 0 Å². The van der Waals surface area contributed by atoms with E-state index in [-0.39, 0.29) is 18.9 Å². The number of rotatable bonds is 4. The number of carbonyl (C=O) groups excluding carboxylic acids is 1. The van der Waals surface area contributed by atoms with E-state index in [1.165, 1.54) is 4.90 Å². The second kappa shape index (κ2) is 5.51. The molecule has 1 atom stereocenters. The molecular formula is C13H16ClNO3S. The SMILES string of the molecule is CCCc1ccccc1N1CC(S(=O)(=O)Cl)CC1=O. The smallest absolute Gasteiger partial charge is 0.237 e. The largest absolute Gasteiger partial charge is 0.311 e. The third-order valence-electron chi connectivity index (χ3n) is 3.29. The summed E-state index contributed by atoms with van der Waals surface area (Å²) in [5.41, 5.74) is 1.86. The summed E-state index contributed by atoms with van der Waals surface area (Å²) >= 11 is 0. The third kappa shape index (κ3) is 3.09. The average molecular weight is 302 g/mol. The van der Waals surface area contributed by atoms with Gasteiger partial charge >= 0.3 is 0 Å². The molecule has 4 nitrogen and oxygen atoms in total. The molecular weight excluding hydrogens is 286 g/mol. The monoisotopic (exact) mass is 301 g/mol. The van der Waals surface area contributed by atoms with E-state index in [0.717, 1.165) is 24.1 Å². The Balaban J connectivity index is 2.31. The number of nitrogens with zero attached hydrogens (tertiary/aromatic N) is 1. The molecule has 0 aromatic heterocycles. The quantitative estimate of drug-likeness (QED) is 0.802. The molecule has 1 fully saturated rings. The fourth-order valence-corrected chi connectivity index (χ4v) is 3.38. The molecule has 104 valence electrons. The van der Waals surface area contributed by atoms with Gasteiger partial charge in [0.1, 0.15) is 5.25 Å². The minimum atomic E-state index is -3.69. The van der Waals surface area contributed by atoms with Crippen LogP contribution in [0.25, 0.3) is 0 Å². The van der Waals surface area contributed by atoms with Gasteiger partial charge in [-0.15, -0.1) is 0 Å². The maximum Gasteiger partial charge on any atom is 0.237 e. The van der Waals surface area contributed by atoms with Crippen molar-refractivity contribution in [2.24, 2.45) is 0 Å². The Bertz CT molecular complexity index is 585. The van der Waals surface area contributed by atoms with Crippen LogP contribution in [0.3, 0.4) is 0 Å². The Kier molecular flexibility index (Phi) is 4.16. The van der Waals surface area contributed by atoms with Crippen molar-refractivity contribution >= 4 is 31.3 Å². The van der Waals surface area contributed by atoms with Crippen LogP contribution in [0.5, 0.6) is 0 Å². The van der Waals surface area contributed by atoms with Gasteiger partial charge in [-0.1, -0.05) is 31.5 Å². The molecule has 0 bridgehead atoms. The van der Waals surface area contributed by atoms with Gasteiger partial charge in [0.15, 0.2) is 0 Å². The van der Waals surface area contributed by atoms with Gasteiger partial charge in [-0.25, -0.2) is 8.42 Å². The van der Waals surface area contributed by atoms with Gasteiger partial charge in [-0.2, -0.15) is 0 Å². The molecule has 2 rings (SSSR count). The van der Waals surface area contributed by atoms with E-state index in [4.69, 9.17) is 10.7 Å². The number of amides is 1. The molecule has 19 heavy (non-hydrogen) atoms. The normalized spacial score (nSPS) is 20.0. The van der Waals surface area contributed by atoms with Gasteiger partial charge in [0.05, 0.1) is 0 Å². The fourth-order valence-electron chi connectivity index (χ4n) is 2.35. The topological polar surface area (TPSA) is 54.5 Å². The highest BCUT2D eigenvalue weighted by Crippen LogP contribution is 2.29. The van der Waals surface area contributed by atoms with Crippen molar-refractivity contribution < 1.29 is 13.2 Å². The molecule has 6 heteroatoms. The molecule has 1 aromatic rings.